The second-order valence-electron chi connectivity index (χ2n) is 5.53. The largest absolute Gasteiger partial charge is 0.495 e. The van der Waals surface area contributed by atoms with E-state index in [-0.39, 0.29) is 11.9 Å². The van der Waals surface area contributed by atoms with Gasteiger partial charge in [0, 0.05) is 12.6 Å². The van der Waals surface area contributed by atoms with Crippen molar-refractivity contribution in [1.29, 1.82) is 0 Å². The fourth-order valence-electron chi connectivity index (χ4n) is 2.73. The van der Waals surface area contributed by atoms with E-state index in [1.165, 1.54) is 0 Å². The molecule has 5 heteroatoms. The molecule has 3 N–H and O–H groups in total. The molecular weight excluding hydrogens is 254 g/mol. The highest BCUT2D eigenvalue weighted by atomic mass is 16.5. The van der Waals surface area contributed by atoms with Crippen molar-refractivity contribution < 1.29 is 9.53 Å². The molecule has 1 aliphatic heterocycles. The Hall–Kier alpha value is -1.75. The van der Waals surface area contributed by atoms with Gasteiger partial charge in [-0.3, -0.25) is 4.79 Å². The van der Waals surface area contributed by atoms with Crippen LogP contribution >= 0.6 is 0 Å². The smallest absolute Gasteiger partial charge is 0.253 e. The zero-order valence-corrected chi connectivity index (χ0v) is 12.3. The molecule has 5 nitrogen and oxygen atoms in total. The SMILES string of the molecule is COc1cccc(C(=O)NC2CCN(C)CC2C)c1N. The van der Waals surface area contributed by atoms with Crippen molar-refractivity contribution in [1.82, 2.24) is 10.2 Å². The van der Waals surface area contributed by atoms with Gasteiger partial charge in [-0.25, -0.2) is 0 Å². The first kappa shape index (κ1) is 14.7. The molecule has 0 radical (unpaired) electrons. The van der Waals surface area contributed by atoms with Gasteiger partial charge in [-0.05, 0) is 38.1 Å². The van der Waals surface area contributed by atoms with Gasteiger partial charge < -0.3 is 20.7 Å². The number of amides is 1. The minimum Gasteiger partial charge on any atom is -0.495 e. The van der Waals surface area contributed by atoms with Crippen LogP contribution in [0.5, 0.6) is 5.75 Å². The zero-order chi connectivity index (χ0) is 14.7. The van der Waals surface area contributed by atoms with Crippen molar-refractivity contribution >= 4 is 11.6 Å². The normalized spacial score (nSPS) is 23.4. The van der Waals surface area contributed by atoms with Gasteiger partial charge in [0.2, 0.25) is 0 Å². The van der Waals surface area contributed by atoms with Crippen LogP contribution in [0.1, 0.15) is 23.7 Å². The molecule has 0 spiro atoms. The third-order valence-corrected chi connectivity index (χ3v) is 3.96. The van der Waals surface area contributed by atoms with Crippen LogP contribution in [0.3, 0.4) is 0 Å². The van der Waals surface area contributed by atoms with Gasteiger partial charge in [-0.1, -0.05) is 13.0 Å². The lowest BCUT2D eigenvalue weighted by molar-refractivity contribution is 0.0884. The quantitative estimate of drug-likeness (QED) is 0.818. The number of nitrogen functional groups attached to an aromatic ring is 1. The number of methoxy groups -OCH3 is 1. The number of carbonyl (C=O) groups is 1. The zero-order valence-electron chi connectivity index (χ0n) is 12.3. The molecule has 1 aromatic carbocycles. The molecule has 1 fully saturated rings. The summed E-state index contributed by atoms with van der Waals surface area (Å²) >= 11 is 0. The molecule has 1 aromatic rings. The number of hydrogen-bond acceptors (Lipinski definition) is 4. The van der Waals surface area contributed by atoms with Crippen LogP contribution in [0.4, 0.5) is 5.69 Å². The van der Waals surface area contributed by atoms with E-state index in [2.05, 4.69) is 24.2 Å². The number of nitrogens with zero attached hydrogens (tertiary/aromatic N) is 1. The molecule has 2 atom stereocenters. The van der Waals surface area contributed by atoms with Gasteiger partial charge in [-0.2, -0.15) is 0 Å². The number of piperidine rings is 1. The molecule has 1 heterocycles. The van der Waals surface area contributed by atoms with E-state index < -0.39 is 0 Å². The molecule has 1 saturated heterocycles. The van der Waals surface area contributed by atoms with Crippen LogP contribution in [0.25, 0.3) is 0 Å². The van der Waals surface area contributed by atoms with Crippen LogP contribution in [-0.4, -0.2) is 44.1 Å². The Morgan fingerprint density at radius 1 is 1.50 bits per heavy atom. The van der Waals surface area contributed by atoms with Crippen molar-refractivity contribution in [2.24, 2.45) is 5.92 Å². The Balaban J connectivity index is 2.09. The lowest BCUT2D eigenvalue weighted by Crippen LogP contribution is -2.48. The topological polar surface area (TPSA) is 67.6 Å². The summed E-state index contributed by atoms with van der Waals surface area (Å²) in [5.74, 6) is 0.849. The second-order valence-corrected chi connectivity index (χ2v) is 5.53. The van der Waals surface area contributed by atoms with E-state index in [0.717, 1.165) is 19.5 Å². The Morgan fingerprint density at radius 2 is 2.25 bits per heavy atom. The molecule has 2 rings (SSSR count). The number of likely N-dealkylation sites (tertiary alicyclic amines) is 1. The maximum Gasteiger partial charge on any atom is 0.253 e. The third-order valence-electron chi connectivity index (χ3n) is 3.96. The number of ether oxygens (including phenoxy) is 1. The number of rotatable bonds is 3. The van der Waals surface area contributed by atoms with E-state index in [9.17, 15) is 4.79 Å². The van der Waals surface area contributed by atoms with E-state index in [0.29, 0.717) is 22.9 Å². The number of hydrogen-bond donors (Lipinski definition) is 2. The fraction of sp³-hybridized carbons (Fsp3) is 0.533. The highest BCUT2D eigenvalue weighted by Gasteiger charge is 2.26. The van der Waals surface area contributed by atoms with Crippen LogP contribution in [0.15, 0.2) is 18.2 Å². The van der Waals surface area contributed by atoms with Crippen LogP contribution in [0, 0.1) is 5.92 Å². The molecule has 20 heavy (non-hydrogen) atoms. The summed E-state index contributed by atoms with van der Waals surface area (Å²) < 4.78 is 5.15. The van der Waals surface area contributed by atoms with Crippen LogP contribution < -0.4 is 15.8 Å². The number of para-hydroxylation sites is 1. The summed E-state index contributed by atoms with van der Waals surface area (Å²) in [6.45, 7) is 4.16. The first-order valence-corrected chi connectivity index (χ1v) is 6.94. The molecule has 2 unspecified atom stereocenters. The van der Waals surface area contributed by atoms with Crippen molar-refractivity contribution in [2.75, 3.05) is 33.0 Å². The highest BCUT2D eigenvalue weighted by molar-refractivity contribution is 6.00. The summed E-state index contributed by atoms with van der Waals surface area (Å²) in [5, 5.41) is 3.10. The first-order chi connectivity index (χ1) is 9.52. The van der Waals surface area contributed by atoms with Crippen LogP contribution in [0.2, 0.25) is 0 Å². The standard InChI is InChI=1S/C15H23N3O2/c1-10-9-18(2)8-7-12(10)17-15(19)11-5-4-6-13(20-3)14(11)16/h4-6,10,12H,7-9,16H2,1-3H3,(H,17,19). The Labute approximate surface area is 120 Å². The number of benzene rings is 1. The second kappa shape index (κ2) is 6.13. The van der Waals surface area contributed by atoms with Crippen LogP contribution in [-0.2, 0) is 0 Å². The molecular formula is C15H23N3O2. The average molecular weight is 277 g/mol. The minimum atomic E-state index is -0.122. The molecule has 0 saturated carbocycles. The van der Waals surface area contributed by atoms with Gasteiger partial charge >= 0.3 is 0 Å². The summed E-state index contributed by atoms with van der Waals surface area (Å²) in [7, 11) is 3.65. The van der Waals surface area contributed by atoms with E-state index in [4.69, 9.17) is 10.5 Å². The molecule has 0 aliphatic carbocycles. The Bertz CT molecular complexity index is 490. The molecule has 110 valence electrons. The molecule has 0 bridgehead atoms. The highest BCUT2D eigenvalue weighted by Crippen LogP contribution is 2.25. The lowest BCUT2D eigenvalue weighted by atomic mass is 9.94. The van der Waals surface area contributed by atoms with Gasteiger partial charge in [0.05, 0.1) is 18.4 Å². The number of anilines is 1. The van der Waals surface area contributed by atoms with Gasteiger partial charge in [0.25, 0.3) is 5.91 Å². The van der Waals surface area contributed by atoms with E-state index in [1.54, 1.807) is 25.3 Å². The lowest BCUT2D eigenvalue weighted by Gasteiger charge is -2.35. The predicted molar refractivity (Wildman–Crippen MR) is 79.9 cm³/mol. The van der Waals surface area contributed by atoms with E-state index in [1.807, 2.05) is 0 Å². The Morgan fingerprint density at radius 3 is 2.90 bits per heavy atom. The average Bonchev–Trinajstić information content (AvgIpc) is 2.42. The van der Waals surface area contributed by atoms with Crippen molar-refractivity contribution in [3.05, 3.63) is 23.8 Å². The summed E-state index contributed by atoms with van der Waals surface area (Å²) in [4.78, 5) is 14.7. The van der Waals surface area contributed by atoms with E-state index >= 15 is 0 Å². The fourth-order valence-corrected chi connectivity index (χ4v) is 2.73. The number of carbonyl (C=O) groups excluding carboxylic acids is 1. The molecule has 0 aromatic heterocycles. The summed E-state index contributed by atoms with van der Waals surface area (Å²) in [5.41, 5.74) is 6.84. The minimum absolute atomic E-state index is 0.122. The molecule has 1 aliphatic rings. The van der Waals surface area contributed by atoms with Gasteiger partial charge in [0.1, 0.15) is 5.75 Å². The van der Waals surface area contributed by atoms with Crippen molar-refractivity contribution in [3.8, 4) is 5.75 Å². The summed E-state index contributed by atoms with van der Waals surface area (Å²) in [6.07, 6.45) is 0.966. The third kappa shape index (κ3) is 3.04. The summed E-state index contributed by atoms with van der Waals surface area (Å²) in [6, 6.07) is 5.46. The number of nitrogens with two attached hydrogens (primary N) is 1. The Kier molecular flexibility index (Phi) is 4.49. The first-order valence-electron chi connectivity index (χ1n) is 6.94. The predicted octanol–water partition coefficient (Wildman–Crippen LogP) is 1.35. The van der Waals surface area contributed by atoms with Gasteiger partial charge in [0.15, 0.2) is 0 Å². The van der Waals surface area contributed by atoms with Crippen molar-refractivity contribution in [3.63, 3.8) is 0 Å². The molecule has 1 amide bonds. The maximum absolute atomic E-state index is 12.4. The number of nitrogens with one attached hydrogen (secondary N) is 1. The monoisotopic (exact) mass is 277 g/mol. The van der Waals surface area contributed by atoms with Gasteiger partial charge in [-0.15, -0.1) is 0 Å². The van der Waals surface area contributed by atoms with Crippen molar-refractivity contribution in [2.45, 2.75) is 19.4 Å². The maximum atomic E-state index is 12.4.